The molecule has 0 aliphatic heterocycles. The highest BCUT2D eigenvalue weighted by molar-refractivity contribution is 8.13. The maximum absolute atomic E-state index is 11.6. The van der Waals surface area contributed by atoms with E-state index in [-0.39, 0.29) is 4.90 Å². The zero-order valence-corrected chi connectivity index (χ0v) is 12.4. The smallest absolute Gasteiger partial charge is 0.207 e. The van der Waals surface area contributed by atoms with Gasteiger partial charge in [0, 0.05) is 16.2 Å². The first-order valence-corrected chi connectivity index (χ1v) is 8.34. The molecule has 0 aliphatic rings. The van der Waals surface area contributed by atoms with Crippen molar-refractivity contribution in [1.82, 2.24) is 0 Å². The highest BCUT2D eigenvalue weighted by Gasteiger charge is 2.15. The summed E-state index contributed by atoms with van der Waals surface area (Å²) in [7, 11) is 1.73. The van der Waals surface area contributed by atoms with Crippen LogP contribution in [0.4, 0.5) is 0 Å². The van der Waals surface area contributed by atoms with Crippen molar-refractivity contribution in [3.05, 3.63) is 54.1 Å². The summed E-state index contributed by atoms with van der Waals surface area (Å²) in [6, 6.07) is 14.6. The number of hydrogen-bond donors (Lipinski definition) is 0. The average Bonchev–Trinajstić information content (AvgIpc) is 2.38. The fourth-order valence-electron chi connectivity index (χ4n) is 1.97. The molecule has 0 N–H and O–H groups in total. The Morgan fingerprint density at radius 3 is 2.05 bits per heavy atom. The van der Waals surface area contributed by atoms with Crippen LogP contribution in [-0.2, 0) is 9.05 Å². The van der Waals surface area contributed by atoms with E-state index < -0.39 is 9.05 Å². The molecule has 100 valence electrons. The first-order chi connectivity index (χ1) is 8.89. The third kappa shape index (κ3) is 3.17. The van der Waals surface area contributed by atoms with Crippen molar-refractivity contribution in [2.75, 3.05) is 0 Å². The molecule has 2 nitrogen and oxygen atoms in total. The van der Waals surface area contributed by atoms with E-state index in [0.717, 1.165) is 5.56 Å². The maximum Gasteiger partial charge on any atom is 0.261 e. The Labute approximate surface area is 118 Å². The summed E-state index contributed by atoms with van der Waals surface area (Å²) in [5.41, 5.74) is 2.70. The van der Waals surface area contributed by atoms with Gasteiger partial charge in [0.1, 0.15) is 0 Å². The van der Waals surface area contributed by atoms with E-state index in [1.165, 1.54) is 11.6 Å². The molecule has 0 amide bonds. The van der Waals surface area contributed by atoms with Gasteiger partial charge in [0.2, 0.25) is 0 Å². The first kappa shape index (κ1) is 14.1. The summed E-state index contributed by atoms with van der Waals surface area (Å²) >= 11 is 0. The molecular formula is C15H15ClO2S. The van der Waals surface area contributed by atoms with Crippen molar-refractivity contribution in [2.45, 2.75) is 24.7 Å². The third-order valence-electron chi connectivity index (χ3n) is 3.04. The third-order valence-corrected chi connectivity index (χ3v) is 4.42. The molecule has 0 bridgehead atoms. The molecule has 0 radical (unpaired) electrons. The molecule has 0 spiro atoms. The lowest BCUT2D eigenvalue weighted by Crippen LogP contribution is -1.94. The Bertz CT molecular complexity index is 674. The van der Waals surface area contributed by atoms with Crippen molar-refractivity contribution in [3.8, 4) is 11.1 Å². The van der Waals surface area contributed by atoms with Gasteiger partial charge in [0.25, 0.3) is 9.05 Å². The van der Waals surface area contributed by atoms with Gasteiger partial charge in [-0.15, -0.1) is 0 Å². The van der Waals surface area contributed by atoms with Gasteiger partial charge >= 0.3 is 0 Å². The molecule has 0 fully saturated rings. The quantitative estimate of drug-likeness (QED) is 0.786. The lowest BCUT2D eigenvalue weighted by atomic mass is 9.99. The molecule has 0 atom stereocenters. The van der Waals surface area contributed by atoms with Crippen LogP contribution >= 0.6 is 10.7 Å². The fourth-order valence-corrected chi connectivity index (χ4v) is 3.06. The van der Waals surface area contributed by atoms with Gasteiger partial charge in [-0.2, -0.15) is 0 Å². The molecule has 0 saturated carbocycles. The predicted octanol–water partition coefficient (Wildman–Crippen LogP) is 4.40. The summed E-state index contributed by atoms with van der Waals surface area (Å²) in [6.07, 6.45) is 0. The molecule has 0 unspecified atom stereocenters. The van der Waals surface area contributed by atoms with Crippen molar-refractivity contribution in [2.24, 2.45) is 0 Å². The lowest BCUT2D eigenvalue weighted by Gasteiger charge is -2.09. The number of hydrogen-bond acceptors (Lipinski definition) is 2. The summed E-state index contributed by atoms with van der Waals surface area (Å²) in [5.74, 6) is 0.445. The highest BCUT2D eigenvalue weighted by Crippen LogP contribution is 2.30. The van der Waals surface area contributed by atoms with Crippen LogP contribution in [0, 0.1) is 0 Å². The summed E-state index contributed by atoms with van der Waals surface area (Å²) < 4.78 is 23.1. The topological polar surface area (TPSA) is 34.1 Å². The molecule has 0 saturated heterocycles. The molecule has 0 heterocycles. The summed E-state index contributed by atoms with van der Waals surface area (Å²) in [4.78, 5) is 0.147. The van der Waals surface area contributed by atoms with Gasteiger partial charge < -0.3 is 0 Å². The van der Waals surface area contributed by atoms with Crippen LogP contribution < -0.4 is 0 Å². The van der Waals surface area contributed by atoms with Crippen LogP contribution in [0.5, 0.6) is 0 Å². The second-order valence-corrected chi connectivity index (χ2v) is 7.25. The van der Waals surface area contributed by atoms with E-state index in [1.807, 2.05) is 24.3 Å². The molecule has 0 aliphatic carbocycles. The summed E-state index contributed by atoms with van der Waals surface area (Å²) in [6.45, 7) is 4.23. The van der Waals surface area contributed by atoms with E-state index in [4.69, 9.17) is 10.7 Å². The van der Waals surface area contributed by atoms with Crippen molar-refractivity contribution >= 4 is 19.7 Å². The SMILES string of the molecule is CC(C)c1ccc(-c2ccccc2S(=O)(=O)Cl)cc1. The minimum absolute atomic E-state index is 0.147. The highest BCUT2D eigenvalue weighted by atomic mass is 35.7. The first-order valence-electron chi connectivity index (χ1n) is 6.03. The molecular weight excluding hydrogens is 280 g/mol. The molecule has 0 aromatic heterocycles. The van der Waals surface area contributed by atoms with Crippen LogP contribution in [0.25, 0.3) is 11.1 Å². The monoisotopic (exact) mass is 294 g/mol. The van der Waals surface area contributed by atoms with Gasteiger partial charge in [0.05, 0.1) is 4.90 Å². The zero-order valence-electron chi connectivity index (χ0n) is 10.8. The Kier molecular flexibility index (Phi) is 3.97. The van der Waals surface area contributed by atoms with Crippen molar-refractivity contribution in [1.29, 1.82) is 0 Å². The van der Waals surface area contributed by atoms with Gasteiger partial charge in [-0.3, -0.25) is 0 Å². The van der Waals surface area contributed by atoms with Gasteiger partial charge in [0.15, 0.2) is 0 Å². The van der Waals surface area contributed by atoms with Crippen LogP contribution in [-0.4, -0.2) is 8.42 Å². The van der Waals surface area contributed by atoms with Crippen LogP contribution in [0.2, 0.25) is 0 Å². The summed E-state index contributed by atoms with van der Waals surface area (Å²) in [5, 5.41) is 0. The Morgan fingerprint density at radius 1 is 0.947 bits per heavy atom. The number of rotatable bonds is 3. The Morgan fingerprint density at radius 2 is 1.53 bits per heavy atom. The minimum Gasteiger partial charge on any atom is -0.207 e. The van der Waals surface area contributed by atoms with Crippen LogP contribution in [0.15, 0.2) is 53.4 Å². The average molecular weight is 295 g/mol. The molecule has 4 heteroatoms. The minimum atomic E-state index is -3.74. The zero-order chi connectivity index (χ0) is 14.0. The maximum atomic E-state index is 11.6. The van der Waals surface area contributed by atoms with E-state index in [2.05, 4.69) is 13.8 Å². The molecule has 19 heavy (non-hydrogen) atoms. The largest absolute Gasteiger partial charge is 0.261 e. The van der Waals surface area contributed by atoms with E-state index >= 15 is 0 Å². The molecule has 2 rings (SSSR count). The predicted molar refractivity (Wildman–Crippen MR) is 79.0 cm³/mol. The molecule has 2 aromatic carbocycles. The van der Waals surface area contributed by atoms with E-state index in [9.17, 15) is 8.42 Å². The second-order valence-electron chi connectivity index (χ2n) is 4.71. The fraction of sp³-hybridized carbons (Fsp3) is 0.200. The van der Waals surface area contributed by atoms with Gasteiger partial charge in [-0.25, -0.2) is 8.42 Å². The second kappa shape index (κ2) is 5.35. The van der Waals surface area contributed by atoms with Gasteiger partial charge in [-0.1, -0.05) is 56.3 Å². The number of halogens is 1. The van der Waals surface area contributed by atoms with E-state index in [0.29, 0.717) is 11.5 Å². The normalized spacial score (nSPS) is 11.8. The lowest BCUT2D eigenvalue weighted by molar-refractivity contribution is 0.610. The Balaban J connectivity index is 2.54. The number of benzene rings is 2. The van der Waals surface area contributed by atoms with Crippen molar-refractivity contribution < 1.29 is 8.42 Å². The molecule has 2 aromatic rings. The van der Waals surface area contributed by atoms with Crippen LogP contribution in [0.1, 0.15) is 25.3 Å². The standard InChI is InChI=1S/C15H15ClO2S/c1-11(2)12-7-9-13(10-8-12)14-5-3-4-6-15(14)19(16,17)18/h3-11H,1-2H3. The van der Waals surface area contributed by atoms with E-state index in [1.54, 1.807) is 18.2 Å². The Hall–Kier alpha value is -1.32. The van der Waals surface area contributed by atoms with Gasteiger partial charge in [-0.05, 0) is 23.1 Å². The van der Waals surface area contributed by atoms with Crippen molar-refractivity contribution in [3.63, 3.8) is 0 Å². The van der Waals surface area contributed by atoms with Crippen LogP contribution in [0.3, 0.4) is 0 Å².